The zero-order valence-electron chi connectivity index (χ0n) is 10.4. The minimum absolute atomic E-state index is 0.639. The third-order valence-electron chi connectivity index (χ3n) is 3.06. The first-order valence-corrected chi connectivity index (χ1v) is 8.91. The fraction of sp³-hybridized carbons (Fsp3) is 0.286. The van der Waals surface area contributed by atoms with Gasteiger partial charge in [0.1, 0.15) is 6.10 Å². The Morgan fingerprint density at radius 3 is 2.55 bits per heavy atom. The average molecular weight is 467 g/mol. The van der Waals surface area contributed by atoms with Crippen LogP contribution in [0.1, 0.15) is 23.7 Å². The van der Waals surface area contributed by atoms with E-state index in [2.05, 4.69) is 38.5 Å². The first kappa shape index (κ1) is 14.6. The van der Waals surface area contributed by atoms with Crippen molar-refractivity contribution in [2.75, 3.05) is 13.2 Å². The van der Waals surface area contributed by atoms with E-state index >= 15 is 0 Å². The highest BCUT2D eigenvalue weighted by atomic mass is 127. The van der Waals surface area contributed by atoms with Gasteiger partial charge in [-0.25, -0.2) is 0 Å². The molecule has 0 saturated carbocycles. The molecule has 1 aromatic heterocycles. The second kappa shape index (κ2) is 6.21. The number of ether oxygens (including phenoxy) is 2. The van der Waals surface area contributed by atoms with Crippen molar-refractivity contribution in [3.05, 3.63) is 42.1 Å². The van der Waals surface area contributed by atoms with E-state index in [1.165, 1.54) is 0 Å². The minimum Gasteiger partial charge on any atom is -0.490 e. The predicted molar refractivity (Wildman–Crippen MR) is 90.8 cm³/mol. The molecule has 3 nitrogen and oxygen atoms in total. The van der Waals surface area contributed by atoms with Crippen molar-refractivity contribution in [1.82, 2.24) is 0 Å². The zero-order valence-corrected chi connectivity index (χ0v) is 15.0. The molecule has 0 fully saturated rings. The molecule has 1 unspecified atom stereocenters. The van der Waals surface area contributed by atoms with Crippen LogP contribution in [0.4, 0.5) is 0 Å². The number of fused-ring (bicyclic) bond motifs is 1. The maximum atomic E-state index is 10.5. The number of hydrogen-bond acceptors (Lipinski definition) is 4. The third kappa shape index (κ3) is 2.98. The van der Waals surface area contributed by atoms with E-state index < -0.39 is 6.10 Å². The molecule has 0 radical (unpaired) electrons. The molecule has 20 heavy (non-hydrogen) atoms. The molecule has 1 aliphatic rings. The van der Waals surface area contributed by atoms with E-state index in [4.69, 9.17) is 9.47 Å². The number of rotatable bonds is 2. The highest BCUT2D eigenvalue weighted by Gasteiger charge is 2.20. The maximum Gasteiger partial charge on any atom is 0.162 e. The van der Waals surface area contributed by atoms with Crippen molar-refractivity contribution in [3.63, 3.8) is 0 Å². The lowest BCUT2D eigenvalue weighted by Gasteiger charge is -2.15. The van der Waals surface area contributed by atoms with E-state index in [-0.39, 0.29) is 0 Å². The summed E-state index contributed by atoms with van der Waals surface area (Å²) in [5.41, 5.74) is 1.69. The van der Waals surface area contributed by atoms with Gasteiger partial charge in [-0.1, -0.05) is 15.9 Å². The highest BCUT2D eigenvalue weighted by Crippen LogP contribution is 2.39. The Balaban J connectivity index is 1.99. The standard InChI is InChI=1S/C14H12BrIO3S/c15-10-6-12-11(18-2-1-3-19-12)5-9(10)14(17)8-4-13(16)20-7-8/h4-7,14,17H,1-3H2. The largest absolute Gasteiger partial charge is 0.490 e. The summed E-state index contributed by atoms with van der Waals surface area (Å²) in [6.07, 6.45) is 0.202. The number of aliphatic hydroxyl groups is 1. The normalized spacial score (nSPS) is 15.8. The molecule has 2 aromatic rings. The molecule has 0 saturated heterocycles. The number of hydrogen-bond donors (Lipinski definition) is 1. The number of benzene rings is 1. The smallest absolute Gasteiger partial charge is 0.162 e. The average Bonchev–Trinajstić information content (AvgIpc) is 2.73. The molecule has 0 spiro atoms. The lowest BCUT2D eigenvalue weighted by Crippen LogP contribution is -2.01. The molecule has 6 heteroatoms. The Kier molecular flexibility index (Phi) is 4.54. The predicted octanol–water partition coefficient (Wildman–Crippen LogP) is 4.36. The van der Waals surface area contributed by atoms with Crippen molar-refractivity contribution in [2.45, 2.75) is 12.5 Å². The van der Waals surface area contributed by atoms with Crippen LogP contribution in [0.25, 0.3) is 0 Å². The van der Waals surface area contributed by atoms with E-state index in [0.29, 0.717) is 19.0 Å². The molecule has 2 heterocycles. The minimum atomic E-state index is -0.665. The molecule has 0 amide bonds. The number of halogens is 2. The fourth-order valence-electron chi connectivity index (χ4n) is 2.06. The summed E-state index contributed by atoms with van der Waals surface area (Å²) in [5.74, 6) is 1.43. The van der Waals surface area contributed by atoms with Crippen LogP contribution < -0.4 is 9.47 Å². The van der Waals surface area contributed by atoms with Crippen molar-refractivity contribution < 1.29 is 14.6 Å². The van der Waals surface area contributed by atoms with Crippen molar-refractivity contribution in [3.8, 4) is 11.5 Å². The molecule has 0 bridgehead atoms. The Labute approximate surface area is 143 Å². The topological polar surface area (TPSA) is 38.7 Å². The van der Waals surface area contributed by atoms with E-state index in [0.717, 1.165) is 30.7 Å². The molecule has 3 rings (SSSR count). The van der Waals surface area contributed by atoms with Gasteiger partial charge in [0, 0.05) is 16.5 Å². The van der Waals surface area contributed by atoms with Crippen LogP contribution in [0, 0.1) is 2.88 Å². The quantitative estimate of drug-likeness (QED) is 0.668. The maximum absolute atomic E-state index is 10.5. The summed E-state index contributed by atoms with van der Waals surface area (Å²) in [6.45, 7) is 1.30. The summed E-state index contributed by atoms with van der Waals surface area (Å²) < 4.78 is 13.3. The highest BCUT2D eigenvalue weighted by molar-refractivity contribution is 14.1. The SMILES string of the molecule is OC(c1csc(I)c1)c1cc2c(cc1Br)OCCCO2. The Hall–Kier alpha value is -0.310. The van der Waals surface area contributed by atoms with E-state index in [9.17, 15) is 5.11 Å². The Morgan fingerprint density at radius 1 is 1.20 bits per heavy atom. The third-order valence-corrected chi connectivity index (χ3v) is 5.56. The molecular formula is C14H12BrIO3S. The summed E-state index contributed by atoms with van der Waals surface area (Å²) in [5, 5.41) is 12.5. The van der Waals surface area contributed by atoms with Crippen LogP contribution in [0.3, 0.4) is 0 Å². The van der Waals surface area contributed by atoms with E-state index in [1.54, 1.807) is 11.3 Å². The summed E-state index contributed by atoms with van der Waals surface area (Å²) in [4.78, 5) is 0. The van der Waals surface area contributed by atoms with Gasteiger partial charge in [-0.05, 0) is 51.7 Å². The van der Waals surface area contributed by atoms with Crippen LogP contribution in [-0.2, 0) is 0 Å². The summed E-state index contributed by atoms with van der Waals surface area (Å²) >= 11 is 7.39. The molecule has 0 aliphatic carbocycles. The van der Waals surface area contributed by atoms with Crippen LogP contribution in [0.2, 0.25) is 0 Å². The molecule has 1 aromatic carbocycles. The van der Waals surface area contributed by atoms with E-state index in [1.807, 2.05) is 23.6 Å². The fourth-order valence-corrected chi connectivity index (χ4v) is 3.99. The second-order valence-corrected chi connectivity index (χ2v) is 8.12. The summed E-state index contributed by atoms with van der Waals surface area (Å²) in [6, 6.07) is 5.72. The lowest BCUT2D eigenvalue weighted by molar-refractivity contribution is 0.219. The van der Waals surface area contributed by atoms with Crippen molar-refractivity contribution in [2.24, 2.45) is 0 Å². The van der Waals surface area contributed by atoms with Gasteiger partial charge < -0.3 is 14.6 Å². The number of thiophene rings is 1. The van der Waals surface area contributed by atoms with Gasteiger partial charge in [-0.3, -0.25) is 0 Å². The van der Waals surface area contributed by atoms with Gasteiger partial charge in [0.15, 0.2) is 11.5 Å². The first-order valence-electron chi connectivity index (χ1n) is 6.16. The van der Waals surface area contributed by atoms with Gasteiger partial charge in [0.05, 0.1) is 16.1 Å². The monoisotopic (exact) mass is 466 g/mol. The van der Waals surface area contributed by atoms with Crippen molar-refractivity contribution >= 4 is 49.9 Å². The van der Waals surface area contributed by atoms with Gasteiger partial charge in [-0.2, -0.15) is 0 Å². The first-order chi connectivity index (χ1) is 9.65. The van der Waals surface area contributed by atoms with Crippen LogP contribution in [-0.4, -0.2) is 18.3 Å². The van der Waals surface area contributed by atoms with Gasteiger partial charge in [-0.15, -0.1) is 11.3 Å². The van der Waals surface area contributed by atoms with Crippen LogP contribution in [0.5, 0.6) is 11.5 Å². The molecule has 106 valence electrons. The Bertz CT molecular complexity index is 629. The van der Waals surface area contributed by atoms with Gasteiger partial charge >= 0.3 is 0 Å². The zero-order chi connectivity index (χ0) is 14.1. The van der Waals surface area contributed by atoms with Gasteiger partial charge in [0.25, 0.3) is 0 Å². The molecule has 1 N–H and O–H groups in total. The van der Waals surface area contributed by atoms with Crippen molar-refractivity contribution in [1.29, 1.82) is 0 Å². The molecule has 1 atom stereocenters. The van der Waals surface area contributed by atoms with Gasteiger partial charge in [0.2, 0.25) is 0 Å². The summed E-state index contributed by atoms with van der Waals surface area (Å²) in [7, 11) is 0. The number of aliphatic hydroxyl groups excluding tert-OH is 1. The lowest BCUT2D eigenvalue weighted by atomic mass is 10.0. The molecular weight excluding hydrogens is 455 g/mol. The van der Waals surface area contributed by atoms with Crippen LogP contribution >= 0.6 is 49.9 Å². The van der Waals surface area contributed by atoms with Crippen LogP contribution in [0.15, 0.2) is 28.1 Å². The second-order valence-electron chi connectivity index (χ2n) is 4.46. The molecule has 1 aliphatic heterocycles. The Morgan fingerprint density at radius 2 is 1.90 bits per heavy atom.